The number of oxime groups is 1. The fourth-order valence-electron chi connectivity index (χ4n) is 0.558. The van der Waals surface area contributed by atoms with Crippen molar-refractivity contribution in [1.29, 1.82) is 0 Å². The Hall–Kier alpha value is -0.540. The maximum Gasteiger partial charge on any atom is 0.0936 e. The van der Waals surface area contributed by atoms with E-state index in [1.54, 1.807) is 13.0 Å². The predicted molar refractivity (Wildman–Crippen MR) is 43.3 cm³/mol. The van der Waals surface area contributed by atoms with E-state index < -0.39 is 0 Å². The Morgan fingerprint density at radius 3 is 2.80 bits per heavy atom. The van der Waals surface area contributed by atoms with Gasteiger partial charge in [-0.3, -0.25) is 0 Å². The molecule has 0 saturated carbocycles. The first-order valence-electron chi connectivity index (χ1n) is 2.68. The first kappa shape index (κ1) is 7.57. The lowest BCUT2D eigenvalue weighted by Crippen LogP contribution is -1.87. The second-order valence-electron chi connectivity index (χ2n) is 1.79. The molecule has 0 unspecified atom stereocenters. The lowest BCUT2D eigenvalue weighted by molar-refractivity contribution is 0.319. The minimum atomic E-state index is 0.594. The zero-order valence-corrected chi connectivity index (χ0v) is 6.91. The summed E-state index contributed by atoms with van der Waals surface area (Å²) in [6, 6.07) is 3.60. The van der Waals surface area contributed by atoms with Crippen LogP contribution in [0.2, 0.25) is 4.34 Å². The van der Waals surface area contributed by atoms with Crippen molar-refractivity contribution in [2.45, 2.75) is 6.92 Å². The molecule has 0 aliphatic rings. The van der Waals surface area contributed by atoms with Crippen LogP contribution in [0.3, 0.4) is 0 Å². The van der Waals surface area contributed by atoms with Gasteiger partial charge in [-0.2, -0.15) is 0 Å². The van der Waals surface area contributed by atoms with E-state index in [0.29, 0.717) is 10.0 Å². The van der Waals surface area contributed by atoms with Crippen LogP contribution in [0.25, 0.3) is 0 Å². The zero-order valence-electron chi connectivity index (χ0n) is 5.34. The fraction of sp³-hybridized carbons (Fsp3) is 0.167. The maximum atomic E-state index is 8.35. The SMILES string of the molecule is CC(=NO)c1ccc(Cl)s1. The molecule has 0 fully saturated rings. The molecule has 1 aromatic rings. The van der Waals surface area contributed by atoms with Crippen LogP contribution >= 0.6 is 22.9 Å². The number of thiophene rings is 1. The fourth-order valence-corrected chi connectivity index (χ4v) is 1.54. The Balaban J connectivity index is 2.95. The summed E-state index contributed by atoms with van der Waals surface area (Å²) in [5, 5.41) is 11.4. The molecule has 0 aliphatic heterocycles. The average Bonchev–Trinajstić information content (AvgIpc) is 2.34. The summed E-state index contributed by atoms with van der Waals surface area (Å²) in [6.07, 6.45) is 0. The smallest absolute Gasteiger partial charge is 0.0936 e. The minimum Gasteiger partial charge on any atom is -0.411 e. The number of hydrogen-bond acceptors (Lipinski definition) is 3. The summed E-state index contributed by atoms with van der Waals surface area (Å²) in [5.74, 6) is 0. The minimum absolute atomic E-state index is 0.594. The third-order valence-electron chi connectivity index (χ3n) is 1.08. The number of rotatable bonds is 1. The largest absolute Gasteiger partial charge is 0.411 e. The summed E-state index contributed by atoms with van der Waals surface area (Å²) >= 11 is 7.04. The van der Waals surface area contributed by atoms with Crippen LogP contribution in [0.5, 0.6) is 0 Å². The lowest BCUT2D eigenvalue weighted by Gasteiger charge is -1.87. The molecular formula is C6H6ClNOS. The Morgan fingerprint density at radius 1 is 1.70 bits per heavy atom. The van der Waals surface area contributed by atoms with Gasteiger partial charge in [-0.25, -0.2) is 0 Å². The summed E-state index contributed by atoms with van der Waals surface area (Å²) < 4.78 is 0.706. The third-order valence-corrected chi connectivity index (χ3v) is 2.42. The van der Waals surface area contributed by atoms with Gasteiger partial charge >= 0.3 is 0 Å². The summed E-state index contributed by atoms with van der Waals surface area (Å²) in [6.45, 7) is 1.72. The highest BCUT2D eigenvalue weighted by molar-refractivity contribution is 7.18. The van der Waals surface area contributed by atoms with Crippen molar-refractivity contribution >= 4 is 28.6 Å². The Labute approximate surface area is 67.7 Å². The normalized spacial score (nSPS) is 12.0. The van der Waals surface area contributed by atoms with Crippen LogP contribution in [0.4, 0.5) is 0 Å². The number of hydrogen-bond donors (Lipinski definition) is 1. The monoisotopic (exact) mass is 175 g/mol. The molecule has 0 aromatic carbocycles. The average molecular weight is 176 g/mol. The molecule has 0 saturated heterocycles. The molecule has 1 rings (SSSR count). The predicted octanol–water partition coefficient (Wildman–Crippen LogP) is 2.60. The van der Waals surface area contributed by atoms with E-state index in [0.717, 1.165) is 4.88 Å². The van der Waals surface area contributed by atoms with E-state index in [1.807, 2.05) is 6.07 Å². The molecule has 1 N–H and O–H groups in total. The van der Waals surface area contributed by atoms with Gasteiger partial charge in [0.1, 0.15) is 0 Å². The third kappa shape index (κ3) is 1.49. The van der Waals surface area contributed by atoms with Gasteiger partial charge in [-0.1, -0.05) is 16.8 Å². The van der Waals surface area contributed by atoms with Gasteiger partial charge < -0.3 is 5.21 Å². The van der Waals surface area contributed by atoms with E-state index in [2.05, 4.69) is 5.16 Å². The second kappa shape index (κ2) is 3.03. The molecule has 0 radical (unpaired) electrons. The zero-order chi connectivity index (χ0) is 7.56. The molecular weight excluding hydrogens is 170 g/mol. The van der Waals surface area contributed by atoms with Crippen molar-refractivity contribution < 1.29 is 5.21 Å². The van der Waals surface area contributed by atoms with Crippen molar-refractivity contribution in [2.75, 3.05) is 0 Å². The molecule has 2 nitrogen and oxygen atoms in total. The first-order chi connectivity index (χ1) is 4.74. The van der Waals surface area contributed by atoms with Crippen LogP contribution in [-0.2, 0) is 0 Å². The Kier molecular flexibility index (Phi) is 2.29. The van der Waals surface area contributed by atoms with E-state index in [4.69, 9.17) is 16.8 Å². The maximum absolute atomic E-state index is 8.35. The van der Waals surface area contributed by atoms with Gasteiger partial charge in [-0.05, 0) is 19.1 Å². The molecule has 10 heavy (non-hydrogen) atoms. The first-order valence-corrected chi connectivity index (χ1v) is 3.88. The molecule has 0 spiro atoms. The van der Waals surface area contributed by atoms with E-state index in [9.17, 15) is 0 Å². The van der Waals surface area contributed by atoms with E-state index in [1.165, 1.54) is 11.3 Å². The van der Waals surface area contributed by atoms with Crippen LogP contribution in [0, 0.1) is 0 Å². The standard InChI is InChI=1S/C6H6ClNOS/c1-4(8-9)5-2-3-6(7)10-5/h2-3,9H,1H3. The summed E-state index contributed by atoms with van der Waals surface area (Å²) in [5.41, 5.74) is 0.594. The molecule has 0 aliphatic carbocycles. The van der Waals surface area contributed by atoms with Gasteiger partial charge in [0, 0.05) is 0 Å². The van der Waals surface area contributed by atoms with Gasteiger partial charge in [-0.15, -0.1) is 11.3 Å². The Morgan fingerprint density at radius 2 is 2.40 bits per heavy atom. The summed E-state index contributed by atoms with van der Waals surface area (Å²) in [4.78, 5) is 0.896. The highest BCUT2D eigenvalue weighted by Crippen LogP contribution is 2.21. The van der Waals surface area contributed by atoms with Crippen molar-refractivity contribution in [3.05, 3.63) is 21.3 Å². The lowest BCUT2D eigenvalue weighted by atomic mass is 10.3. The number of halogens is 1. The highest BCUT2D eigenvalue weighted by atomic mass is 35.5. The quantitative estimate of drug-likeness (QED) is 0.397. The van der Waals surface area contributed by atoms with Crippen molar-refractivity contribution in [1.82, 2.24) is 0 Å². The topological polar surface area (TPSA) is 32.6 Å². The Bertz CT molecular complexity index is 256. The van der Waals surface area contributed by atoms with Crippen LogP contribution in [-0.4, -0.2) is 10.9 Å². The molecule has 0 amide bonds. The molecule has 1 heterocycles. The van der Waals surface area contributed by atoms with Gasteiger partial charge in [0.25, 0.3) is 0 Å². The van der Waals surface area contributed by atoms with Crippen LogP contribution in [0.15, 0.2) is 17.3 Å². The number of nitrogens with zero attached hydrogens (tertiary/aromatic N) is 1. The summed E-state index contributed by atoms with van der Waals surface area (Å²) in [7, 11) is 0. The van der Waals surface area contributed by atoms with E-state index >= 15 is 0 Å². The van der Waals surface area contributed by atoms with Gasteiger partial charge in [0.2, 0.25) is 0 Å². The van der Waals surface area contributed by atoms with Crippen molar-refractivity contribution in [3.8, 4) is 0 Å². The van der Waals surface area contributed by atoms with Crippen molar-refractivity contribution in [2.24, 2.45) is 5.16 Å². The molecule has 1 aromatic heterocycles. The molecule has 0 bridgehead atoms. The van der Waals surface area contributed by atoms with Crippen LogP contribution < -0.4 is 0 Å². The van der Waals surface area contributed by atoms with Crippen LogP contribution in [0.1, 0.15) is 11.8 Å². The van der Waals surface area contributed by atoms with Crippen molar-refractivity contribution in [3.63, 3.8) is 0 Å². The van der Waals surface area contributed by atoms with Gasteiger partial charge in [0.15, 0.2) is 0 Å². The van der Waals surface area contributed by atoms with E-state index in [-0.39, 0.29) is 0 Å². The van der Waals surface area contributed by atoms with Gasteiger partial charge in [0.05, 0.1) is 14.9 Å². The molecule has 54 valence electrons. The highest BCUT2D eigenvalue weighted by Gasteiger charge is 2.00. The molecule has 0 atom stereocenters. The second-order valence-corrected chi connectivity index (χ2v) is 3.50. The molecule has 4 heteroatoms.